The number of hydrogen-bond donors (Lipinski definition) is 1. The number of benzene rings is 1. The second-order valence-electron chi connectivity index (χ2n) is 4.08. The van der Waals surface area contributed by atoms with Crippen molar-refractivity contribution in [1.29, 1.82) is 0 Å². The molecule has 20 heavy (non-hydrogen) atoms. The standard InChI is InChI=1S/C13H11ClN4OS/c1-2-9-10(20-13(15)16-9)12-17-11(18-19-12)7-5-3-4-6-8(7)14/h3-6H,2H2,1H3,(H2,15,16). The zero-order valence-corrected chi connectivity index (χ0v) is 12.2. The van der Waals surface area contributed by atoms with Crippen LogP contribution in [-0.2, 0) is 6.42 Å². The van der Waals surface area contributed by atoms with Gasteiger partial charge < -0.3 is 10.3 Å². The lowest BCUT2D eigenvalue weighted by molar-refractivity contribution is 0.433. The topological polar surface area (TPSA) is 77.8 Å². The molecule has 0 bridgehead atoms. The monoisotopic (exact) mass is 306 g/mol. The number of hydrogen-bond acceptors (Lipinski definition) is 6. The summed E-state index contributed by atoms with van der Waals surface area (Å²) in [5.74, 6) is 0.880. The Morgan fingerprint density at radius 3 is 2.85 bits per heavy atom. The van der Waals surface area contributed by atoms with E-state index in [9.17, 15) is 0 Å². The lowest BCUT2D eigenvalue weighted by Gasteiger charge is -1.96. The minimum absolute atomic E-state index is 0.422. The minimum Gasteiger partial charge on any atom is -0.375 e. The molecular weight excluding hydrogens is 296 g/mol. The third kappa shape index (κ3) is 2.28. The fourth-order valence-electron chi connectivity index (χ4n) is 1.84. The molecule has 0 atom stereocenters. The van der Waals surface area contributed by atoms with Gasteiger partial charge in [-0.3, -0.25) is 0 Å². The highest BCUT2D eigenvalue weighted by Crippen LogP contribution is 2.33. The first-order valence-corrected chi connectivity index (χ1v) is 7.22. The van der Waals surface area contributed by atoms with E-state index < -0.39 is 0 Å². The SMILES string of the molecule is CCc1nc(N)sc1-c1nc(-c2ccccc2Cl)no1. The van der Waals surface area contributed by atoms with E-state index in [4.69, 9.17) is 21.9 Å². The highest BCUT2D eigenvalue weighted by atomic mass is 35.5. The maximum Gasteiger partial charge on any atom is 0.270 e. The van der Waals surface area contributed by atoms with Crippen molar-refractivity contribution >= 4 is 28.1 Å². The summed E-state index contributed by atoms with van der Waals surface area (Å²) in [6.07, 6.45) is 0.757. The summed E-state index contributed by atoms with van der Waals surface area (Å²) in [5, 5.41) is 5.05. The first-order chi connectivity index (χ1) is 9.69. The number of halogens is 1. The van der Waals surface area contributed by atoms with Crippen molar-refractivity contribution in [2.24, 2.45) is 0 Å². The highest BCUT2D eigenvalue weighted by molar-refractivity contribution is 7.18. The summed E-state index contributed by atoms with van der Waals surface area (Å²) in [6, 6.07) is 7.36. The molecule has 0 aliphatic heterocycles. The first kappa shape index (κ1) is 13.1. The molecule has 2 heterocycles. The van der Waals surface area contributed by atoms with Gasteiger partial charge in [0.2, 0.25) is 5.82 Å². The van der Waals surface area contributed by atoms with E-state index in [0.717, 1.165) is 22.6 Å². The van der Waals surface area contributed by atoms with Crippen molar-refractivity contribution in [3.8, 4) is 22.2 Å². The molecule has 2 aromatic heterocycles. The lowest BCUT2D eigenvalue weighted by atomic mass is 10.2. The maximum absolute atomic E-state index is 6.13. The summed E-state index contributed by atoms with van der Waals surface area (Å²) < 4.78 is 5.31. The van der Waals surface area contributed by atoms with Crippen LogP contribution in [0.4, 0.5) is 5.13 Å². The Morgan fingerprint density at radius 2 is 2.10 bits per heavy atom. The van der Waals surface area contributed by atoms with Gasteiger partial charge in [0.05, 0.1) is 10.7 Å². The van der Waals surface area contributed by atoms with Crippen LogP contribution in [0.15, 0.2) is 28.8 Å². The normalized spacial score (nSPS) is 10.9. The van der Waals surface area contributed by atoms with Crippen molar-refractivity contribution in [2.75, 3.05) is 5.73 Å². The molecule has 0 unspecified atom stereocenters. The number of nitrogens with two attached hydrogens (primary N) is 1. The van der Waals surface area contributed by atoms with Crippen LogP contribution in [0.1, 0.15) is 12.6 Å². The molecule has 0 spiro atoms. The fraction of sp³-hybridized carbons (Fsp3) is 0.154. The van der Waals surface area contributed by atoms with Crippen molar-refractivity contribution in [2.45, 2.75) is 13.3 Å². The van der Waals surface area contributed by atoms with Crippen molar-refractivity contribution < 1.29 is 4.52 Å². The van der Waals surface area contributed by atoms with Crippen LogP contribution in [0.3, 0.4) is 0 Å². The molecule has 0 radical (unpaired) electrons. The second-order valence-corrected chi connectivity index (χ2v) is 5.52. The summed E-state index contributed by atoms with van der Waals surface area (Å²) in [7, 11) is 0. The maximum atomic E-state index is 6.13. The Balaban J connectivity index is 2.04. The van der Waals surface area contributed by atoms with Gasteiger partial charge in [0.1, 0.15) is 4.88 Å². The second kappa shape index (κ2) is 5.22. The van der Waals surface area contributed by atoms with Gasteiger partial charge in [0.15, 0.2) is 5.13 Å². The van der Waals surface area contributed by atoms with E-state index in [1.165, 1.54) is 11.3 Å². The Hall–Kier alpha value is -1.92. The summed E-state index contributed by atoms with van der Waals surface area (Å²) in [6.45, 7) is 2.00. The van der Waals surface area contributed by atoms with Gasteiger partial charge in [0.25, 0.3) is 5.89 Å². The van der Waals surface area contributed by atoms with Gasteiger partial charge in [-0.15, -0.1) is 0 Å². The van der Waals surface area contributed by atoms with E-state index in [1.54, 1.807) is 6.07 Å². The Morgan fingerprint density at radius 1 is 1.30 bits per heavy atom. The van der Waals surface area contributed by atoms with Crippen LogP contribution >= 0.6 is 22.9 Å². The van der Waals surface area contributed by atoms with Gasteiger partial charge in [0, 0.05) is 5.56 Å². The molecule has 2 N–H and O–H groups in total. The molecule has 0 aliphatic carbocycles. The molecule has 102 valence electrons. The third-order valence-corrected chi connectivity index (χ3v) is 4.03. The van der Waals surface area contributed by atoms with Gasteiger partial charge in [-0.05, 0) is 18.6 Å². The summed E-state index contributed by atoms with van der Waals surface area (Å²) >= 11 is 7.47. The van der Waals surface area contributed by atoms with Gasteiger partial charge in [-0.2, -0.15) is 4.98 Å². The first-order valence-electron chi connectivity index (χ1n) is 6.03. The molecule has 3 rings (SSSR count). The molecule has 1 aromatic carbocycles. The molecule has 3 aromatic rings. The molecule has 0 aliphatic rings. The fourth-order valence-corrected chi connectivity index (χ4v) is 2.91. The van der Waals surface area contributed by atoms with Crippen LogP contribution in [-0.4, -0.2) is 15.1 Å². The molecule has 0 saturated heterocycles. The third-order valence-electron chi connectivity index (χ3n) is 2.78. The lowest BCUT2D eigenvalue weighted by Crippen LogP contribution is -1.86. The van der Waals surface area contributed by atoms with E-state index in [2.05, 4.69) is 15.1 Å². The molecule has 5 nitrogen and oxygen atoms in total. The quantitative estimate of drug-likeness (QED) is 0.799. The molecule has 7 heteroatoms. The zero-order chi connectivity index (χ0) is 14.1. The summed E-state index contributed by atoms with van der Waals surface area (Å²) in [5.41, 5.74) is 7.33. The zero-order valence-electron chi connectivity index (χ0n) is 10.6. The van der Waals surface area contributed by atoms with Crippen LogP contribution in [0.2, 0.25) is 5.02 Å². The van der Waals surface area contributed by atoms with Crippen LogP contribution < -0.4 is 5.73 Å². The largest absolute Gasteiger partial charge is 0.375 e. The van der Waals surface area contributed by atoms with Gasteiger partial charge in [-0.1, -0.05) is 47.2 Å². The van der Waals surface area contributed by atoms with Crippen LogP contribution in [0.5, 0.6) is 0 Å². The van der Waals surface area contributed by atoms with Crippen molar-refractivity contribution in [3.63, 3.8) is 0 Å². The number of anilines is 1. The predicted octanol–water partition coefficient (Wildman–Crippen LogP) is 3.66. The van der Waals surface area contributed by atoms with Crippen LogP contribution in [0, 0.1) is 0 Å². The molecule has 0 amide bonds. The number of rotatable bonds is 3. The van der Waals surface area contributed by atoms with Gasteiger partial charge >= 0.3 is 0 Å². The van der Waals surface area contributed by atoms with Crippen molar-refractivity contribution in [3.05, 3.63) is 35.0 Å². The van der Waals surface area contributed by atoms with E-state index in [-0.39, 0.29) is 0 Å². The Bertz CT molecular complexity index is 752. The van der Waals surface area contributed by atoms with Gasteiger partial charge in [-0.25, -0.2) is 4.98 Å². The molecular formula is C13H11ClN4OS. The predicted molar refractivity (Wildman–Crippen MR) is 79.6 cm³/mol. The Kier molecular flexibility index (Phi) is 3.42. The van der Waals surface area contributed by atoms with Crippen molar-refractivity contribution in [1.82, 2.24) is 15.1 Å². The molecule has 0 saturated carbocycles. The molecule has 0 fully saturated rings. The Labute approximate surface area is 124 Å². The number of nitrogen functional groups attached to an aromatic ring is 1. The van der Waals surface area contributed by atoms with E-state index >= 15 is 0 Å². The van der Waals surface area contributed by atoms with E-state index in [0.29, 0.717) is 21.9 Å². The highest BCUT2D eigenvalue weighted by Gasteiger charge is 2.18. The average molecular weight is 307 g/mol. The number of nitrogens with zero attached hydrogens (tertiary/aromatic N) is 3. The average Bonchev–Trinajstić information content (AvgIpc) is 3.05. The van der Waals surface area contributed by atoms with Crippen LogP contribution in [0.25, 0.3) is 22.2 Å². The minimum atomic E-state index is 0.422. The van der Waals surface area contributed by atoms with E-state index in [1.807, 2.05) is 25.1 Å². The summed E-state index contributed by atoms with van der Waals surface area (Å²) in [4.78, 5) is 9.45. The number of aryl methyl sites for hydroxylation is 1. The number of thiazole rings is 1. The smallest absolute Gasteiger partial charge is 0.270 e. The number of aromatic nitrogens is 3.